The van der Waals surface area contributed by atoms with E-state index in [-0.39, 0.29) is 0 Å². The van der Waals surface area contributed by atoms with Crippen LogP contribution in [-0.2, 0) is 0 Å². The summed E-state index contributed by atoms with van der Waals surface area (Å²) in [6.45, 7) is 1.47. The van der Waals surface area contributed by atoms with E-state index in [1.807, 2.05) is 0 Å². The molecule has 1 aliphatic rings. The van der Waals surface area contributed by atoms with Crippen LogP contribution in [0.25, 0.3) is 0 Å². The Labute approximate surface area is 57.0 Å². The molecule has 1 fully saturated rings. The fraction of sp³-hybridized carbons (Fsp3) is 1.00. The number of nitrogens with zero attached hydrogens (tertiary/aromatic N) is 1. The summed E-state index contributed by atoms with van der Waals surface area (Å²) in [5.74, 6) is 0. The van der Waals surface area contributed by atoms with Gasteiger partial charge in [-0.1, -0.05) is 0 Å². The first kappa shape index (κ1) is 5.78. The zero-order valence-electron chi connectivity index (χ0n) is 3.97. The van der Waals surface area contributed by atoms with Crippen LogP contribution in [0.5, 0.6) is 0 Å². The molecule has 0 unspecified atom stereocenters. The fourth-order valence-electron chi connectivity index (χ4n) is 0.589. The van der Waals surface area contributed by atoms with Gasteiger partial charge < -0.3 is 5.11 Å². The second kappa shape index (κ2) is 2.28. The van der Waals surface area contributed by atoms with E-state index in [1.165, 1.54) is 6.42 Å². The number of hydrogen-bond donors (Lipinski definition) is 1. The van der Waals surface area contributed by atoms with Crippen molar-refractivity contribution in [2.24, 2.45) is 0 Å². The molecule has 0 aromatic rings. The second-order valence-corrected chi connectivity index (χ2v) is 2.99. The van der Waals surface area contributed by atoms with Gasteiger partial charge in [-0.2, -0.15) is 0 Å². The first-order valence-corrected chi connectivity index (χ1v) is 3.34. The Kier molecular flexibility index (Phi) is 1.88. The number of rotatable bonds is 1. The third-order valence-electron chi connectivity index (χ3n) is 1.28. The third-order valence-corrected chi connectivity index (χ3v) is 2.55. The summed E-state index contributed by atoms with van der Waals surface area (Å²) in [6.07, 6.45) is 1.17. The molecule has 2 nitrogen and oxygen atoms in total. The highest BCUT2D eigenvalue weighted by atomic mass is 127. The lowest BCUT2D eigenvalue weighted by molar-refractivity contribution is 0.141. The van der Waals surface area contributed by atoms with Crippen LogP contribution in [-0.4, -0.2) is 27.4 Å². The van der Waals surface area contributed by atoms with Gasteiger partial charge in [-0.05, 0) is 6.42 Å². The molecule has 0 spiro atoms. The summed E-state index contributed by atoms with van der Waals surface area (Å²) in [5, 5.41) is 8.51. The summed E-state index contributed by atoms with van der Waals surface area (Å²) in [6, 6.07) is 0.459. The van der Waals surface area contributed by atoms with Crippen LogP contribution >= 0.6 is 22.9 Å². The van der Waals surface area contributed by atoms with Gasteiger partial charge in [-0.3, -0.25) is 0 Å². The van der Waals surface area contributed by atoms with Gasteiger partial charge in [0.25, 0.3) is 0 Å². The van der Waals surface area contributed by atoms with Crippen molar-refractivity contribution in [2.45, 2.75) is 12.5 Å². The smallest absolute Gasteiger partial charge is 0.0595 e. The topological polar surface area (TPSA) is 23.5 Å². The number of aliphatic hydroxyl groups is 1. The molecular formula is C4H8INO. The number of aliphatic hydroxyl groups excluding tert-OH is 1. The average Bonchev–Trinajstić information content (AvgIpc) is 1.65. The van der Waals surface area contributed by atoms with Gasteiger partial charge in [0.15, 0.2) is 0 Å². The summed E-state index contributed by atoms with van der Waals surface area (Å²) in [4.78, 5) is 0. The molecule has 0 bridgehead atoms. The van der Waals surface area contributed by atoms with E-state index in [4.69, 9.17) is 5.11 Å². The van der Waals surface area contributed by atoms with Crippen LogP contribution in [0.1, 0.15) is 6.42 Å². The van der Waals surface area contributed by atoms with E-state index in [9.17, 15) is 0 Å². The maximum Gasteiger partial charge on any atom is 0.0595 e. The maximum atomic E-state index is 8.51. The Balaban J connectivity index is 2.16. The van der Waals surface area contributed by atoms with E-state index in [2.05, 4.69) is 26.0 Å². The molecule has 1 atom stereocenters. The van der Waals surface area contributed by atoms with E-state index >= 15 is 0 Å². The van der Waals surface area contributed by atoms with E-state index in [0.717, 1.165) is 6.54 Å². The van der Waals surface area contributed by atoms with Crippen molar-refractivity contribution < 1.29 is 5.11 Å². The fourth-order valence-corrected chi connectivity index (χ4v) is 1.32. The lowest BCUT2D eigenvalue weighted by Crippen LogP contribution is -2.42. The molecule has 1 N–H and O–H groups in total. The average molecular weight is 213 g/mol. The summed E-state index contributed by atoms with van der Waals surface area (Å²) in [7, 11) is 0. The quantitative estimate of drug-likeness (QED) is 0.503. The highest BCUT2D eigenvalue weighted by Gasteiger charge is 2.23. The van der Waals surface area contributed by atoms with Crippen LogP contribution in [0.3, 0.4) is 0 Å². The van der Waals surface area contributed by atoms with E-state index in [0.29, 0.717) is 12.6 Å². The van der Waals surface area contributed by atoms with E-state index < -0.39 is 0 Å². The van der Waals surface area contributed by atoms with Crippen molar-refractivity contribution in [2.75, 3.05) is 13.2 Å². The second-order valence-electron chi connectivity index (χ2n) is 1.75. The zero-order valence-corrected chi connectivity index (χ0v) is 6.13. The Morgan fingerprint density at radius 2 is 2.57 bits per heavy atom. The summed E-state index contributed by atoms with van der Waals surface area (Å²) >= 11 is 2.23. The van der Waals surface area contributed by atoms with Crippen LogP contribution in [0.4, 0.5) is 0 Å². The third kappa shape index (κ3) is 1.06. The molecule has 0 aromatic heterocycles. The molecule has 42 valence electrons. The SMILES string of the molecule is OC[C@@H]1CCN1I. The van der Waals surface area contributed by atoms with Gasteiger partial charge >= 0.3 is 0 Å². The summed E-state index contributed by atoms with van der Waals surface area (Å²) in [5.41, 5.74) is 0. The first-order chi connectivity index (χ1) is 3.34. The molecule has 0 saturated carbocycles. The van der Waals surface area contributed by atoms with E-state index in [1.54, 1.807) is 0 Å². The molecule has 1 rings (SSSR count). The molecule has 1 saturated heterocycles. The molecule has 7 heavy (non-hydrogen) atoms. The molecule has 3 heteroatoms. The highest BCUT2D eigenvalue weighted by Crippen LogP contribution is 2.20. The Bertz CT molecular complexity index is 66.7. The van der Waals surface area contributed by atoms with Gasteiger partial charge in [0.1, 0.15) is 0 Å². The van der Waals surface area contributed by atoms with Gasteiger partial charge in [0.05, 0.1) is 6.61 Å². The van der Waals surface area contributed by atoms with Gasteiger partial charge in [-0.25, -0.2) is 3.11 Å². The first-order valence-electron chi connectivity index (χ1n) is 2.38. The minimum Gasteiger partial charge on any atom is -0.395 e. The van der Waals surface area contributed by atoms with Gasteiger partial charge in [0.2, 0.25) is 0 Å². The lowest BCUT2D eigenvalue weighted by atomic mass is 10.1. The van der Waals surface area contributed by atoms with Crippen LogP contribution in [0.2, 0.25) is 0 Å². The number of hydrogen-bond acceptors (Lipinski definition) is 2. The number of halogens is 1. The molecule has 0 aliphatic carbocycles. The van der Waals surface area contributed by atoms with Crippen LogP contribution in [0, 0.1) is 0 Å². The Morgan fingerprint density at radius 1 is 1.86 bits per heavy atom. The Hall–Kier alpha value is 0.650. The predicted molar refractivity (Wildman–Crippen MR) is 36.2 cm³/mol. The lowest BCUT2D eigenvalue weighted by Gasteiger charge is -2.33. The minimum absolute atomic E-state index is 0.322. The molecule has 1 heterocycles. The van der Waals surface area contributed by atoms with Crippen molar-refractivity contribution in [3.63, 3.8) is 0 Å². The van der Waals surface area contributed by atoms with Crippen molar-refractivity contribution in [3.8, 4) is 0 Å². The van der Waals surface area contributed by atoms with Crippen molar-refractivity contribution >= 4 is 22.9 Å². The molecule has 1 aliphatic heterocycles. The minimum atomic E-state index is 0.322. The van der Waals surface area contributed by atoms with Crippen LogP contribution in [0.15, 0.2) is 0 Å². The molecule has 0 amide bonds. The normalized spacial score (nSPS) is 32.6. The van der Waals surface area contributed by atoms with Crippen molar-refractivity contribution in [1.82, 2.24) is 3.11 Å². The van der Waals surface area contributed by atoms with Gasteiger partial charge in [-0.15, -0.1) is 0 Å². The monoisotopic (exact) mass is 213 g/mol. The largest absolute Gasteiger partial charge is 0.395 e. The summed E-state index contributed by atoms with van der Waals surface area (Å²) < 4.78 is 2.12. The molecule has 0 radical (unpaired) electrons. The van der Waals surface area contributed by atoms with Crippen molar-refractivity contribution in [1.29, 1.82) is 0 Å². The zero-order chi connectivity index (χ0) is 5.28. The maximum absolute atomic E-state index is 8.51. The standard InChI is InChI=1S/C4H8INO/c5-6-2-1-4(6)3-7/h4,7H,1-3H2/t4-/m0/s1. The highest BCUT2D eigenvalue weighted by molar-refractivity contribution is 14.1. The molecule has 0 aromatic carbocycles. The Morgan fingerprint density at radius 3 is 2.57 bits per heavy atom. The molecular weight excluding hydrogens is 205 g/mol. The predicted octanol–water partition coefficient (Wildman–Crippen LogP) is 0.403. The van der Waals surface area contributed by atoms with Gasteiger partial charge in [0, 0.05) is 35.5 Å². The van der Waals surface area contributed by atoms with Crippen molar-refractivity contribution in [3.05, 3.63) is 0 Å². The van der Waals surface area contributed by atoms with Crippen LogP contribution < -0.4 is 0 Å².